The summed E-state index contributed by atoms with van der Waals surface area (Å²) in [6.45, 7) is 6.39. The zero-order valence-corrected chi connectivity index (χ0v) is 15.2. The number of carbonyl (C=O) groups is 1. The molecule has 0 radical (unpaired) electrons. The summed E-state index contributed by atoms with van der Waals surface area (Å²) in [7, 11) is 0. The molecule has 6 heteroatoms. The van der Waals surface area contributed by atoms with Gasteiger partial charge in [-0.1, -0.05) is 0 Å². The Bertz CT molecular complexity index is 785. The summed E-state index contributed by atoms with van der Waals surface area (Å²) in [5.74, 6) is 2.14. The number of carbonyl (C=O) groups excluding carboxylic acids is 1. The molecule has 1 aliphatic heterocycles. The number of hydrogen-bond donors (Lipinski definition) is 1. The predicted molar refractivity (Wildman–Crippen MR) is 97.8 cm³/mol. The molecule has 1 fully saturated rings. The molecule has 4 rings (SSSR count). The number of fused-ring (bicyclic) bond motifs is 3. The van der Waals surface area contributed by atoms with Crippen molar-refractivity contribution in [2.45, 2.75) is 46.0 Å². The first kappa shape index (κ1) is 15.8. The van der Waals surface area contributed by atoms with E-state index in [2.05, 4.69) is 15.2 Å². The van der Waals surface area contributed by atoms with E-state index in [-0.39, 0.29) is 11.8 Å². The third-order valence-corrected chi connectivity index (χ3v) is 6.29. The van der Waals surface area contributed by atoms with E-state index in [4.69, 9.17) is 4.98 Å². The van der Waals surface area contributed by atoms with Crippen LogP contribution in [0.4, 0.5) is 5.82 Å². The number of anilines is 1. The molecule has 1 saturated heterocycles. The number of thiophene rings is 1. The smallest absolute Gasteiger partial charge is 0.224 e. The largest absolute Gasteiger partial charge is 0.356 e. The van der Waals surface area contributed by atoms with Crippen LogP contribution >= 0.6 is 11.3 Å². The second-order valence-corrected chi connectivity index (χ2v) is 7.90. The summed E-state index contributed by atoms with van der Waals surface area (Å²) >= 11 is 1.84. The van der Waals surface area contributed by atoms with Crippen molar-refractivity contribution in [2.75, 3.05) is 24.5 Å². The molecule has 5 nitrogen and oxygen atoms in total. The first-order valence-corrected chi connectivity index (χ1v) is 9.80. The maximum absolute atomic E-state index is 12.3. The number of aryl methyl sites for hydroxylation is 3. The van der Waals surface area contributed by atoms with Gasteiger partial charge in [-0.05, 0) is 51.5 Å². The lowest BCUT2D eigenvalue weighted by Crippen LogP contribution is -2.43. The van der Waals surface area contributed by atoms with E-state index in [1.165, 1.54) is 28.7 Å². The van der Waals surface area contributed by atoms with Crippen LogP contribution < -0.4 is 10.2 Å². The van der Waals surface area contributed by atoms with Gasteiger partial charge in [0.2, 0.25) is 5.91 Å². The van der Waals surface area contributed by atoms with Crippen molar-refractivity contribution in [2.24, 2.45) is 5.92 Å². The molecule has 1 aliphatic carbocycles. The number of nitrogens with zero attached hydrogens (tertiary/aromatic N) is 3. The SMILES string of the molecule is CCNC(=O)[C@H]1CCCN(c2nc(C)nc3sc4c(c23)CCC4)C1. The van der Waals surface area contributed by atoms with Crippen molar-refractivity contribution in [3.05, 3.63) is 16.3 Å². The average molecular weight is 344 g/mol. The van der Waals surface area contributed by atoms with E-state index in [0.717, 1.165) is 48.8 Å². The average Bonchev–Trinajstić information content (AvgIpc) is 3.15. The summed E-state index contributed by atoms with van der Waals surface area (Å²) in [6.07, 6.45) is 5.57. The number of rotatable bonds is 3. The van der Waals surface area contributed by atoms with E-state index in [1.807, 2.05) is 25.2 Å². The van der Waals surface area contributed by atoms with Gasteiger partial charge in [-0.3, -0.25) is 4.79 Å². The summed E-state index contributed by atoms with van der Waals surface area (Å²) in [6, 6.07) is 0. The molecule has 2 aliphatic rings. The summed E-state index contributed by atoms with van der Waals surface area (Å²) in [5.41, 5.74) is 1.46. The van der Waals surface area contributed by atoms with Crippen LogP contribution in [-0.4, -0.2) is 35.5 Å². The van der Waals surface area contributed by atoms with Crippen LogP contribution in [0.5, 0.6) is 0 Å². The van der Waals surface area contributed by atoms with Crippen molar-refractivity contribution in [1.82, 2.24) is 15.3 Å². The topological polar surface area (TPSA) is 58.1 Å². The van der Waals surface area contributed by atoms with Crippen LogP contribution in [0.15, 0.2) is 0 Å². The molecule has 0 aromatic carbocycles. The van der Waals surface area contributed by atoms with Crippen molar-refractivity contribution >= 4 is 33.3 Å². The highest BCUT2D eigenvalue weighted by Gasteiger charge is 2.29. The van der Waals surface area contributed by atoms with Crippen LogP contribution in [0.25, 0.3) is 10.2 Å². The highest BCUT2D eigenvalue weighted by atomic mass is 32.1. The van der Waals surface area contributed by atoms with Gasteiger partial charge in [-0.15, -0.1) is 11.3 Å². The molecule has 0 spiro atoms. The monoisotopic (exact) mass is 344 g/mol. The standard InChI is InChI=1S/C18H24N4OS/c1-3-19-17(23)12-6-5-9-22(10-12)16-15-13-7-4-8-14(13)24-18(15)21-11(2)20-16/h12H,3-10H2,1-2H3,(H,19,23)/t12-/m0/s1. The Balaban J connectivity index is 1.71. The molecule has 1 N–H and O–H groups in total. The quantitative estimate of drug-likeness (QED) is 0.930. The van der Waals surface area contributed by atoms with Crippen LogP contribution in [0.1, 0.15) is 42.5 Å². The maximum Gasteiger partial charge on any atom is 0.224 e. The Labute approximate surface area is 146 Å². The highest BCUT2D eigenvalue weighted by molar-refractivity contribution is 7.19. The fraction of sp³-hybridized carbons (Fsp3) is 0.611. The first-order chi connectivity index (χ1) is 11.7. The second-order valence-electron chi connectivity index (χ2n) is 6.81. The van der Waals surface area contributed by atoms with E-state index >= 15 is 0 Å². The van der Waals surface area contributed by atoms with Gasteiger partial charge in [0, 0.05) is 24.5 Å². The van der Waals surface area contributed by atoms with Gasteiger partial charge < -0.3 is 10.2 Å². The molecular formula is C18H24N4OS. The Morgan fingerprint density at radius 1 is 1.33 bits per heavy atom. The fourth-order valence-corrected chi connectivity index (χ4v) is 5.31. The minimum atomic E-state index is 0.0655. The first-order valence-electron chi connectivity index (χ1n) is 8.99. The number of piperidine rings is 1. The minimum Gasteiger partial charge on any atom is -0.356 e. The molecule has 0 saturated carbocycles. The summed E-state index contributed by atoms with van der Waals surface area (Å²) in [5, 5.41) is 4.24. The lowest BCUT2D eigenvalue weighted by Gasteiger charge is -2.33. The van der Waals surface area contributed by atoms with E-state index in [1.54, 1.807) is 0 Å². The van der Waals surface area contributed by atoms with Gasteiger partial charge in [0.05, 0.1) is 11.3 Å². The molecule has 2 aromatic rings. The van der Waals surface area contributed by atoms with Gasteiger partial charge in [0.1, 0.15) is 16.5 Å². The molecule has 24 heavy (non-hydrogen) atoms. The maximum atomic E-state index is 12.3. The summed E-state index contributed by atoms with van der Waals surface area (Å²) < 4.78 is 0. The van der Waals surface area contributed by atoms with Gasteiger partial charge in [-0.2, -0.15) is 0 Å². The van der Waals surface area contributed by atoms with E-state index in [9.17, 15) is 4.79 Å². The fourth-order valence-electron chi connectivity index (χ4n) is 4.01. The molecule has 1 atom stereocenters. The lowest BCUT2D eigenvalue weighted by molar-refractivity contribution is -0.125. The van der Waals surface area contributed by atoms with Crippen molar-refractivity contribution in [3.8, 4) is 0 Å². The van der Waals surface area contributed by atoms with Gasteiger partial charge in [0.15, 0.2) is 0 Å². The van der Waals surface area contributed by atoms with Crippen molar-refractivity contribution in [1.29, 1.82) is 0 Å². The number of aromatic nitrogens is 2. The number of amides is 1. The number of hydrogen-bond acceptors (Lipinski definition) is 5. The van der Waals surface area contributed by atoms with Gasteiger partial charge in [0.25, 0.3) is 0 Å². The minimum absolute atomic E-state index is 0.0655. The molecule has 3 heterocycles. The molecule has 0 unspecified atom stereocenters. The van der Waals surface area contributed by atoms with Crippen LogP contribution in [0.2, 0.25) is 0 Å². The molecule has 128 valence electrons. The lowest BCUT2D eigenvalue weighted by atomic mass is 9.96. The van der Waals surface area contributed by atoms with Crippen molar-refractivity contribution in [3.63, 3.8) is 0 Å². The van der Waals surface area contributed by atoms with Crippen LogP contribution in [0.3, 0.4) is 0 Å². The van der Waals surface area contributed by atoms with Gasteiger partial charge in [-0.25, -0.2) is 9.97 Å². The Kier molecular flexibility index (Phi) is 4.16. The molecule has 1 amide bonds. The second kappa shape index (κ2) is 6.31. The van der Waals surface area contributed by atoms with Crippen molar-refractivity contribution < 1.29 is 4.79 Å². The zero-order valence-electron chi connectivity index (χ0n) is 14.4. The molecule has 2 aromatic heterocycles. The predicted octanol–water partition coefficient (Wildman–Crippen LogP) is 2.84. The van der Waals surface area contributed by atoms with Crippen LogP contribution in [0, 0.1) is 12.8 Å². The Hall–Kier alpha value is -1.69. The zero-order chi connectivity index (χ0) is 16.7. The van der Waals surface area contributed by atoms with E-state index in [0.29, 0.717) is 6.54 Å². The third kappa shape index (κ3) is 2.66. The number of nitrogens with one attached hydrogen (secondary N) is 1. The van der Waals surface area contributed by atoms with Gasteiger partial charge >= 0.3 is 0 Å². The summed E-state index contributed by atoms with van der Waals surface area (Å²) in [4.78, 5) is 26.7. The molecule has 0 bridgehead atoms. The Morgan fingerprint density at radius 3 is 3.04 bits per heavy atom. The normalized spacial score (nSPS) is 20.4. The van der Waals surface area contributed by atoms with Crippen LogP contribution in [-0.2, 0) is 17.6 Å². The highest BCUT2D eigenvalue weighted by Crippen LogP contribution is 2.41. The molecular weight excluding hydrogens is 320 g/mol. The third-order valence-electron chi connectivity index (χ3n) is 5.10. The van der Waals surface area contributed by atoms with E-state index < -0.39 is 0 Å². The Morgan fingerprint density at radius 2 is 2.21 bits per heavy atom.